The zero-order valence-corrected chi connectivity index (χ0v) is 15.2. The van der Waals surface area contributed by atoms with E-state index in [0.717, 1.165) is 17.7 Å². The van der Waals surface area contributed by atoms with Crippen LogP contribution in [0.4, 0.5) is 24.5 Å². The number of carbonyl (C=O) groups excluding carboxylic acids is 1. The molecule has 152 valence electrons. The summed E-state index contributed by atoms with van der Waals surface area (Å²) in [6.45, 7) is 2.06. The number of pyridine rings is 1. The van der Waals surface area contributed by atoms with Crippen molar-refractivity contribution in [2.75, 3.05) is 18.4 Å². The minimum atomic E-state index is -4.68. The Labute approximate surface area is 162 Å². The van der Waals surface area contributed by atoms with Crippen molar-refractivity contribution in [1.29, 1.82) is 0 Å². The molecule has 3 rings (SSSR count). The van der Waals surface area contributed by atoms with Crippen LogP contribution in [0.3, 0.4) is 0 Å². The number of aryl methyl sites for hydroxylation is 1. The Hall–Kier alpha value is -3.63. The van der Waals surface area contributed by atoms with E-state index in [0.29, 0.717) is 11.7 Å². The molecule has 1 amide bonds. The summed E-state index contributed by atoms with van der Waals surface area (Å²) >= 11 is 0. The minimum absolute atomic E-state index is 0.0690. The summed E-state index contributed by atoms with van der Waals surface area (Å²) in [5.41, 5.74) is -0.0466. The Morgan fingerprint density at radius 2 is 2.00 bits per heavy atom. The third kappa shape index (κ3) is 4.62. The number of nitro benzene ring substituents is 1. The van der Waals surface area contributed by atoms with Crippen LogP contribution in [0.1, 0.15) is 21.6 Å². The van der Waals surface area contributed by atoms with Crippen molar-refractivity contribution in [2.45, 2.75) is 13.1 Å². The average molecular weight is 407 g/mol. The van der Waals surface area contributed by atoms with Gasteiger partial charge < -0.3 is 15.0 Å². The van der Waals surface area contributed by atoms with Gasteiger partial charge in [-0.3, -0.25) is 14.9 Å². The lowest BCUT2D eigenvalue weighted by atomic mass is 10.1. The summed E-state index contributed by atoms with van der Waals surface area (Å²) in [6.07, 6.45) is -1.33. The monoisotopic (exact) mass is 407 g/mol. The highest BCUT2D eigenvalue weighted by Gasteiger charge is 2.33. The first-order valence-corrected chi connectivity index (χ1v) is 8.48. The molecule has 2 aromatic heterocycles. The van der Waals surface area contributed by atoms with E-state index < -0.39 is 28.3 Å². The topological polar surface area (TPSA) is 102 Å². The number of nitrogens with one attached hydrogen (secondary N) is 2. The molecule has 29 heavy (non-hydrogen) atoms. The van der Waals surface area contributed by atoms with E-state index in [4.69, 9.17) is 0 Å². The van der Waals surface area contributed by atoms with Crippen LogP contribution in [0, 0.1) is 17.0 Å². The number of rotatable bonds is 6. The van der Waals surface area contributed by atoms with Crippen LogP contribution in [0.5, 0.6) is 0 Å². The third-order valence-electron chi connectivity index (χ3n) is 4.10. The van der Waals surface area contributed by atoms with Crippen molar-refractivity contribution >= 4 is 22.9 Å². The summed E-state index contributed by atoms with van der Waals surface area (Å²) in [6, 6.07) is 5.92. The average Bonchev–Trinajstić information content (AvgIpc) is 3.07. The van der Waals surface area contributed by atoms with Crippen LogP contribution < -0.4 is 10.6 Å². The SMILES string of the molecule is Cc1ccn2cc(C(=O)NCCNc3ccc(C(F)(F)F)cc3[N+](=O)[O-])nc2c1. The molecule has 0 saturated heterocycles. The van der Waals surface area contributed by atoms with E-state index in [9.17, 15) is 28.1 Å². The van der Waals surface area contributed by atoms with Gasteiger partial charge in [-0.25, -0.2) is 4.98 Å². The van der Waals surface area contributed by atoms with Crippen molar-refractivity contribution in [3.63, 3.8) is 0 Å². The van der Waals surface area contributed by atoms with Gasteiger partial charge in [-0.2, -0.15) is 13.2 Å². The number of hydrogen-bond donors (Lipinski definition) is 2. The summed E-state index contributed by atoms with van der Waals surface area (Å²) in [4.78, 5) is 26.6. The molecule has 0 saturated carbocycles. The number of amides is 1. The Morgan fingerprint density at radius 3 is 2.69 bits per heavy atom. The molecule has 8 nitrogen and oxygen atoms in total. The number of nitro groups is 1. The summed E-state index contributed by atoms with van der Waals surface area (Å²) in [7, 11) is 0. The maximum Gasteiger partial charge on any atom is 0.416 e. The molecule has 0 fully saturated rings. The van der Waals surface area contributed by atoms with E-state index in [2.05, 4.69) is 15.6 Å². The van der Waals surface area contributed by atoms with Gasteiger partial charge in [0.2, 0.25) is 0 Å². The number of halogens is 3. The van der Waals surface area contributed by atoms with Crippen LogP contribution in [-0.4, -0.2) is 33.3 Å². The number of alkyl halides is 3. The number of benzene rings is 1. The van der Waals surface area contributed by atoms with Crippen LogP contribution >= 0.6 is 0 Å². The third-order valence-corrected chi connectivity index (χ3v) is 4.10. The number of aromatic nitrogens is 2. The zero-order valence-electron chi connectivity index (χ0n) is 15.2. The highest BCUT2D eigenvalue weighted by atomic mass is 19.4. The zero-order chi connectivity index (χ0) is 21.2. The molecule has 1 aromatic carbocycles. The largest absolute Gasteiger partial charge is 0.416 e. The lowest BCUT2D eigenvalue weighted by Crippen LogP contribution is -2.29. The molecule has 0 unspecified atom stereocenters. The van der Waals surface area contributed by atoms with Crippen LogP contribution in [-0.2, 0) is 6.18 Å². The van der Waals surface area contributed by atoms with Crippen molar-refractivity contribution in [3.05, 3.63) is 69.7 Å². The molecule has 2 N–H and O–H groups in total. The van der Waals surface area contributed by atoms with Gasteiger partial charge in [0.1, 0.15) is 17.0 Å². The standard InChI is InChI=1S/C18H16F3N5O3/c1-11-4-7-25-10-14(24-16(25)8-11)17(27)23-6-5-22-13-3-2-12(18(19,20)21)9-15(13)26(28)29/h2-4,7-10,22H,5-6H2,1H3,(H,23,27). The highest BCUT2D eigenvalue weighted by molar-refractivity contribution is 5.92. The first-order valence-electron chi connectivity index (χ1n) is 8.48. The van der Waals surface area contributed by atoms with E-state index >= 15 is 0 Å². The van der Waals surface area contributed by atoms with E-state index in [1.54, 1.807) is 16.8 Å². The number of nitrogens with zero attached hydrogens (tertiary/aromatic N) is 3. The van der Waals surface area contributed by atoms with Gasteiger partial charge in [-0.15, -0.1) is 0 Å². The number of hydrogen-bond acceptors (Lipinski definition) is 5. The molecule has 0 bridgehead atoms. The molecule has 0 atom stereocenters. The second-order valence-electron chi connectivity index (χ2n) is 6.27. The van der Waals surface area contributed by atoms with Gasteiger partial charge in [0.05, 0.1) is 10.5 Å². The summed E-state index contributed by atoms with van der Waals surface area (Å²) in [5.74, 6) is -0.435. The second kappa shape index (κ2) is 7.78. The first kappa shape index (κ1) is 20.1. The maximum atomic E-state index is 12.7. The smallest absolute Gasteiger partial charge is 0.378 e. The summed E-state index contributed by atoms with van der Waals surface area (Å²) < 4.78 is 39.9. The minimum Gasteiger partial charge on any atom is -0.378 e. The van der Waals surface area contributed by atoms with Gasteiger partial charge in [0.15, 0.2) is 0 Å². The van der Waals surface area contributed by atoms with Gasteiger partial charge in [0, 0.05) is 31.5 Å². The predicted molar refractivity (Wildman–Crippen MR) is 98.9 cm³/mol. The van der Waals surface area contributed by atoms with Gasteiger partial charge in [0.25, 0.3) is 11.6 Å². The second-order valence-corrected chi connectivity index (χ2v) is 6.27. The highest BCUT2D eigenvalue weighted by Crippen LogP contribution is 2.34. The number of fused-ring (bicyclic) bond motifs is 1. The molecule has 0 aliphatic rings. The quantitative estimate of drug-likeness (QED) is 0.370. The maximum absolute atomic E-state index is 12.7. The molecule has 3 aromatic rings. The van der Waals surface area contributed by atoms with E-state index in [1.807, 2.05) is 19.1 Å². The van der Waals surface area contributed by atoms with Gasteiger partial charge in [-0.05, 0) is 36.8 Å². The first-order chi connectivity index (χ1) is 13.6. The van der Waals surface area contributed by atoms with Gasteiger partial charge >= 0.3 is 6.18 Å². The lowest BCUT2D eigenvalue weighted by Gasteiger charge is -2.11. The van der Waals surface area contributed by atoms with Crippen molar-refractivity contribution in [3.8, 4) is 0 Å². The fraction of sp³-hybridized carbons (Fsp3) is 0.222. The van der Waals surface area contributed by atoms with Crippen LogP contribution in [0.25, 0.3) is 5.65 Å². The van der Waals surface area contributed by atoms with E-state index in [1.165, 1.54) is 0 Å². The lowest BCUT2D eigenvalue weighted by molar-refractivity contribution is -0.384. The Kier molecular flexibility index (Phi) is 5.39. The molecular formula is C18H16F3N5O3. The number of imidazole rings is 1. The predicted octanol–water partition coefficient (Wildman–Crippen LogP) is 3.41. The molecule has 11 heteroatoms. The van der Waals surface area contributed by atoms with Crippen molar-refractivity contribution in [2.24, 2.45) is 0 Å². The Bertz CT molecular complexity index is 1080. The van der Waals surface area contributed by atoms with Crippen LogP contribution in [0.15, 0.2) is 42.7 Å². The van der Waals surface area contributed by atoms with Gasteiger partial charge in [-0.1, -0.05) is 0 Å². The molecule has 0 spiro atoms. The number of anilines is 1. The molecular weight excluding hydrogens is 391 g/mol. The number of carbonyl (C=O) groups is 1. The molecule has 2 heterocycles. The molecule has 0 radical (unpaired) electrons. The summed E-state index contributed by atoms with van der Waals surface area (Å²) in [5, 5.41) is 16.3. The van der Waals surface area contributed by atoms with Crippen molar-refractivity contribution in [1.82, 2.24) is 14.7 Å². The fourth-order valence-electron chi connectivity index (χ4n) is 2.67. The molecule has 0 aliphatic heterocycles. The normalized spacial score (nSPS) is 11.4. The molecule has 0 aliphatic carbocycles. The Morgan fingerprint density at radius 1 is 1.24 bits per heavy atom. The van der Waals surface area contributed by atoms with Crippen LogP contribution in [0.2, 0.25) is 0 Å². The Balaban J connectivity index is 1.61. The fourth-order valence-corrected chi connectivity index (χ4v) is 2.67. The van der Waals surface area contributed by atoms with E-state index in [-0.39, 0.29) is 24.5 Å². The van der Waals surface area contributed by atoms with Crippen molar-refractivity contribution < 1.29 is 22.9 Å².